The lowest BCUT2D eigenvalue weighted by Crippen LogP contribution is -2.36. The second kappa shape index (κ2) is 6.06. The summed E-state index contributed by atoms with van der Waals surface area (Å²) in [5.74, 6) is -0.287. The summed E-state index contributed by atoms with van der Waals surface area (Å²) in [7, 11) is 0. The van der Waals surface area contributed by atoms with Crippen molar-refractivity contribution in [2.24, 2.45) is 5.92 Å². The minimum absolute atomic E-state index is 0.0128. The van der Waals surface area contributed by atoms with Crippen LogP contribution in [-0.2, 0) is 9.59 Å². The molecule has 4 rings (SSSR count). The van der Waals surface area contributed by atoms with Crippen LogP contribution in [-0.4, -0.2) is 17.9 Å². The van der Waals surface area contributed by atoms with Crippen LogP contribution in [0.25, 0.3) is 0 Å². The highest BCUT2D eigenvalue weighted by Crippen LogP contribution is 2.43. The number of nitrogens with one attached hydrogen (secondary N) is 1. The molecule has 1 saturated carbocycles. The Morgan fingerprint density at radius 3 is 2.58 bits per heavy atom. The lowest BCUT2D eigenvalue weighted by Gasteiger charge is -2.27. The number of carbonyl (C=O) groups is 2. The van der Waals surface area contributed by atoms with E-state index in [1.165, 1.54) is 0 Å². The zero-order valence-corrected chi connectivity index (χ0v) is 14.4. The molecule has 2 atom stereocenters. The van der Waals surface area contributed by atoms with Crippen molar-refractivity contribution in [1.82, 2.24) is 5.32 Å². The molecule has 4 nitrogen and oxygen atoms in total. The van der Waals surface area contributed by atoms with Crippen LogP contribution in [0.1, 0.15) is 35.7 Å². The average Bonchev–Trinajstić information content (AvgIpc) is 3.09. The predicted molar refractivity (Wildman–Crippen MR) is 95.0 cm³/mol. The van der Waals surface area contributed by atoms with Crippen LogP contribution in [0.15, 0.2) is 41.8 Å². The normalized spacial score (nSPS) is 23.5. The first-order valence-electron chi connectivity index (χ1n) is 8.36. The molecule has 0 bridgehead atoms. The third-order valence-corrected chi connectivity index (χ3v) is 5.67. The van der Waals surface area contributed by atoms with Crippen molar-refractivity contribution in [3.63, 3.8) is 0 Å². The molecule has 24 heavy (non-hydrogen) atoms. The number of aryl methyl sites for hydroxylation is 1. The molecular weight excluding hydrogens is 320 g/mol. The van der Waals surface area contributed by atoms with E-state index in [9.17, 15) is 9.59 Å². The molecule has 0 spiro atoms. The van der Waals surface area contributed by atoms with E-state index in [-0.39, 0.29) is 30.2 Å². The van der Waals surface area contributed by atoms with Crippen molar-refractivity contribution >= 4 is 28.8 Å². The van der Waals surface area contributed by atoms with Crippen molar-refractivity contribution in [2.75, 3.05) is 4.90 Å². The largest absolute Gasteiger partial charge is 0.353 e. The summed E-state index contributed by atoms with van der Waals surface area (Å²) < 4.78 is 0. The zero-order valence-electron chi connectivity index (χ0n) is 13.6. The van der Waals surface area contributed by atoms with Crippen molar-refractivity contribution < 1.29 is 9.59 Å². The van der Waals surface area contributed by atoms with Gasteiger partial charge in [0, 0.05) is 23.0 Å². The van der Waals surface area contributed by atoms with Gasteiger partial charge >= 0.3 is 0 Å². The zero-order chi connectivity index (χ0) is 16.7. The molecule has 5 heteroatoms. The molecular formula is C19H20N2O2S. The van der Waals surface area contributed by atoms with Crippen molar-refractivity contribution in [2.45, 2.75) is 38.3 Å². The highest BCUT2D eigenvalue weighted by molar-refractivity contribution is 7.10. The molecule has 1 aromatic heterocycles. The summed E-state index contributed by atoms with van der Waals surface area (Å²) >= 11 is 1.61. The number of thiophene rings is 1. The topological polar surface area (TPSA) is 49.4 Å². The molecule has 1 aromatic carbocycles. The number of nitrogens with zero attached hydrogens (tertiary/aromatic N) is 1. The van der Waals surface area contributed by atoms with E-state index in [4.69, 9.17) is 0 Å². The summed E-state index contributed by atoms with van der Waals surface area (Å²) in [6, 6.07) is 12.0. The second-order valence-electron chi connectivity index (χ2n) is 6.65. The van der Waals surface area contributed by atoms with Gasteiger partial charge in [0.15, 0.2) is 0 Å². The third kappa shape index (κ3) is 2.84. The summed E-state index contributed by atoms with van der Waals surface area (Å²) in [5.41, 5.74) is 2.02. The Balaban J connectivity index is 1.69. The van der Waals surface area contributed by atoms with Crippen molar-refractivity contribution in [3.8, 4) is 0 Å². The minimum Gasteiger partial charge on any atom is -0.353 e. The lowest BCUT2D eigenvalue weighted by molar-refractivity contribution is -0.126. The quantitative estimate of drug-likeness (QED) is 0.927. The number of benzene rings is 1. The third-order valence-electron chi connectivity index (χ3n) is 4.73. The Hall–Kier alpha value is -2.14. The summed E-state index contributed by atoms with van der Waals surface area (Å²) in [6.45, 7) is 2.03. The van der Waals surface area contributed by atoms with Gasteiger partial charge in [-0.25, -0.2) is 0 Å². The maximum Gasteiger partial charge on any atom is 0.228 e. The van der Waals surface area contributed by atoms with Gasteiger partial charge in [-0.2, -0.15) is 0 Å². The van der Waals surface area contributed by atoms with Crippen LogP contribution in [0, 0.1) is 12.8 Å². The van der Waals surface area contributed by atoms with Gasteiger partial charge in [-0.15, -0.1) is 11.3 Å². The van der Waals surface area contributed by atoms with Gasteiger partial charge in [-0.3, -0.25) is 9.59 Å². The maximum absolute atomic E-state index is 12.7. The van der Waals surface area contributed by atoms with Crippen LogP contribution in [0.4, 0.5) is 5.69 Å². The minimum atomic E-state index is -0.321. The molecule has 2 aliphatic rings. The highest BCUT2D eigenvalue weighted by atomic mass is 32.1. The average molecular weight is 340 g/mol. The Kier molecular flexibility index (Phi) is 3.88. The number of carbonyl (C=O) groups excluding carboxylic acids is 2. The fourth-order valence-corrected chi connectivity index (χ4v) is 4.18. The maximum atomic E-state index is 12.7. The van der Waals surface area contributed by atoms with Gasteiger partial charge in [0.1, 0.15) is 0 Å². The molecule has 1 N–H and O–H groups in total. The number of amides is 2. The molecule has 2 fully saturated rings. The van der Waals surface area contributed by atoms with E-state index < -0.39 is 0 Å². The lowest BCUT2D eigenvalue weighted by atomic mass is 9.97. The van der Waals surface area contributed by atoms with E-state index in [0.29, 0.717) is 6.04 Å². The monoisotopic (exact) mass is 340 g/mol. The smallest absolute Gasteiger partial charge is 0.228 e. The Bertz CT molecular complexity index is 750. The number of hydrogen-bond acceptors (Lipinski definition) is 3. The molecule has 1 aliphatic carbocycles. The molecule has 0 radical (unpaired) electrons. The van der Waals surface area contributed by atoms with Crippen LogP contribution in [0.2, 0.25) is 0 Å². The van der Waals surface area contributed by atoms with E-state index in [0.717, 1.165) is 29.0 Å². The van der Waals surface area contributed by atoms with Gasteiger partial charge in [0.05, 0.1) is 12.0 Å². The molecule has 2 heterocycles. The SMILES string of the molecule is Cc1ccc(N2C(=O)CC(C(=O)NC3CC3)C2c2cccs2)cc1. The Morgan fingerprint density at radius 2 is 1.96 bits per heavy atom. The van der Waals surface area contributed by atoms with E-state index in [1.807, 2.05) is 53.6 Å². The molecule has 1 aliphatic heterocycles. The fraction of sp³-hybridized carbons (Fsp3) is 0.368. The van der Waals surface area contributed by atoms with Crippen molar-refractivity contribution in [3.05, 3.63) is 52.2 Å². The number of anilines is 1. The first-order chi connectivity index (χ1) is 11.6. The van der Waals surface area contributed by atoms with Crippen molar-refractivity contribution in [1.29, 1.82) is 0 Å². The van der Waals surface area contributed by atoms with Gasteiger partial charge < -0.3 is 10.2 Å². The fourth-order valence-electron chi connectivity index (χ4n) is 3.30. The Labute approximate surface area is 145 Å². The van der Waals surface area contributed by atoms with Gasteiger partial charge in [-0.05, 0) is 43.3 Å². The molecule has 2 amide bonds. The van der Waals surface area contributed by atoms with Crippen LogP contribution >= 0.6 is 11.3 Å². The first kappa shape index (κ1) is 15.4. The van der Waals surface area contributed by atoms with Crippen LogP contribution in [0.3, 0.4) is 0 Å². The summed E-state index contributed by atoms with van der Waals surface area (Å²) in [6.07, 6.45) is 2.38. The summed E-state index contributed by atoms with van der Waals surface area (Å²) in [5, 5.41) is 5.08. The van der Waals surface area contributed by atoms with Gasteiger partial charge in [0.25, 0.3) is 0 Å². The Morgan fingerprint density at radius 1 is 1.21 bits per heavy atom. The first-order valence-corrected chi connectivity index (χ1v) is 9.24. The van der Waals surface area contributed by atoms with Crippen LogP contribution < -0.4 is 10.2 Å². The molecule has 124 valence electrons. The van der Waals surface area contributed by atoms with Gasteiger partial charge in [-0.1, -0.05) is 23.8 Å². The predicted octanol–water partition coefficient (Wildman–Crippen LogP) is 3.43. The summed E-state index contributed by atoms with van der Waals surface area (Å²) in [4.78, 5) is 28.3. The van der Waals surface area contributed by atoms with E-state index in [1.54, 1.807) is 11.3 Å². The van der Waals surface area contributed by atoms with Crippen LogP contribution in [0.5, 0.6) is 0 Å². The van der Waals surface area contributed by atoms with E-state index >= 15 is 0 Å². The standard InChI is InChI=1S/C19H20N2O2S/c1-12-4-8-14(9-5-12)21-17(22)11-15(19(23)20-13-6-7-13)18(21)16-3-2-10-24-16/h2-5,8-10,13,15,18H,6-7,11H2,1H3,(H,20,23). The van der Waals surface area contributed by atoms with E-state index in [2.05, 4.69) is 5.32 Å². The molecule has 2 aromatic rings. The highest BCUT2D eigenvalue weighted by Gasteiger charge is 2.46. The second-order valence-corrected chi connectivity index (χ2v) is 7.63. The molecule has 2 unspecified atom stereocenters. The number of rotatable bonds is 4. The molecule has 1 saturated heterocycles. The van der Waals surface area contributed by atoms with Gasteiger partial charge in [0.2, 0.25) is 11.8 Å². The number of hydrogen-bond donors (Lipinski definition) is 1.